The molecule has 1 amide bonds. The molecule has 0 unspecified atom stereocenters. The quantitative estimate of drug-likeness (QED) is 0.472. The second-order valence-corrected chi connectivity index (χ2v) is 5.75. The molecule has 6 nitrogen and oxygen atoms in total. The van der Waals surface area contributed by atoms with Gasteiger partial charge in [-0.25, -0.2) is 22.8 Å². The van der Waals surface area contributed by atoms with Crippen LogP contribution in [-0.2, 0) is 9.53 Å². The van der Waals surface area contributed by atoms with Gasteiger partial charge in [-0.05, 0) is 20.8 Å². The molecule has 0 heterocycles. The fourth-order valence-corrected chi connectivity index (χ4v) is 1.50. The first kappa shape index (κ1) is 20.5. The van der Waals surface area contributed by atoms with E-state index in [4.69, 9.17) is 9.84 Å². The summed E-state index contributed by atoms with van der Waals surface area (Å²) in [4.78, 5) is 22.5. The summed E-state index contributed by atoms with van der Waals surface area (Å²) < 4.78 is 75.0. The lowest BCUT2D eigenvalue weighted by molar-refractivity contribution is -0.140. The summed E-state index contributed by atoms with van der Waals surface area (Å²) in [6.07, 6.45) is -1.18. The topological polar surface area (TPSA) is 84.9 Å². The zero-order valence-corrected chi connectivity index (χ0v) is 13.3. The molecule has 11 heteroatoms. The first-order valence-electron chi connectivity index (χ1n) is 6.71. The van der Waals surface area contributed by atoms with E-state index < -0.39 is 65.1 Å². The van der Waals surface area contributed by atoms with Crippen LogP contribution in [0.15, 0.2) is 0 Å². The highest BCUT2D eigenvalue weighted by Crippen LogP contribution is 2.29. The Morgan fingerprint density at radius 3 is 1.84 bits per heavy atom. The average molecular weight is 371 g/mol. The predicted molar refractivity (Wildman–Crippen MR) is 72.5 cm³/mol. The number of halogens is 5. The van der Waals surface area contributed by atoms with Gasteiger partial charge < -0.3 is 19.9 Å². The minimum absolute atomic E-state index is 0.963. The molecule has 2 N–H and O–H groups in total. The number of alkyl carbamates (subject to hydrolysis) is 1. The molecule has 140 valence electrons. The van der Waals surface area contributed by atoms with E-state index in [1.807, 2.05) is 5.32 Å². The van der Waals surface area contributed by atoms with Crippen molar-refractivity contribution >= 4 is 12.1 Å². The van der Waals surface area contributed by atoms with E-state index in [1.54, 1.807) is 0 Å². The van der Waals surface area contributed by atoms with Crippen molar-refractivity contribution in [3.8, 4) is 5.75 Å². The Hall–Kier alpha value is -2.59. The maximum atomic E-state index is 13.4. The summed E-state index contributed by atoms with van der Waals surface area (Å²) in [5.74, 6) is -14.8. The first-order chi connectivity index (χ1) is 11.3. The Bertz CT molecular complexity index is 660. The number of amides is 1. The van der Waals surface area contributed by atoms with Crippen LogP contribution < -0.4 is 10.1 Å². The number of hydrogen-bond acceptors (Lipinski definition) is 4. The van der Waals surface area contributed by atoms with Crippen LogP contribution in [0.4, 0.5) is 26.7 Å². The second kappa shape index (κ2) is 7.53. The van der Waals surface area contributed by atoms with Gasteiger partial charge in [0.1, 0.15) is 12.2 Å². The number of aliphatic carboxylic acids is 1. The van der Waals surface area contributed by atoms with E-state index in [-0.39, 0.29) is 0 Å². The van der Waals surface area contributed by atoms with Crippen LogP contribution in [0, 0.1) is 29.1 Å². The number of hydrogen-bond donors (Lipinski definition) is 2. The number of rotatable bonds is 5. The highest BCUT2D eigenvalue weighted by molar-refractivity contribution is 5.80. The maximum Gasteiger partial charge on any atom is 0.408 e. The van der Waals surface area contributed by atoms with Gasteiger partial charge >= 0.3 is 12.1 Å². The lowest BCUT2D eigenvalue weighted by Crippen LogP contribution is -2.46. The number of nitrogens with one attached hydrogen (secondary N) is 1. The Balaban J connectivity index is 2.93. The Morgan fingerprint density at radius 2 is 1.44 bits per heavy atom. The number of benzene rings is 1. The Morgan fingerprint density at radius 1 is 1.00 bits per heavy atom. The number of carboxylic acids is 1. The largest absolute Gasteiger partial charge is 0.485 e. The van der Waals surface area contributed by atoms with Crippen LogP contribution in [-0.4, -0.2) is 35.4 Å². The standard InChI is InChI=1S/C14H14F5NO5/c1-14(2,3)25-13(23)20-5(12(21)22)4-24-11-9(18)7(16)6(15)8(17)10(11)19/h5H,4H2,1-3H3,(H,20,23)(H,21,22)/t5-/m0/s1. The summed E-state index contributed by atoms with van der Waals surface area (Å²) in [6, 6.07) is -1.87. The molecule has 0 aromatic heterocycles. The number of ether oxygens (including phenoxy) is 2. The highest BCUT2D eigenvalue weighted by atomic mass is 19.2. The molecule has 0 aliphatic heterocycles. The van der Waals surface area contributed by atoms with Gasteiger partial charge in [-0.2, -0.15) is 8.78 Å². The molecule has 0 bridgehead atoms. The van der Waals surface area contributed by atoms with Crippen molar-refractivity contribution < 1.29 is 46.1 Å². The molecule has 0 saturated heterocycles. The fraction of sp³-hybridized carbons (Fsp3) is 0.429. The van der Waals surface area contributed by atoms with Gasteiger partial charge in [-0.1, -0.05) is 0 Å². The molecule has 0 aliphatic carbocycles. The molecule has 1 atom stereocenters. The van der Waals surface area contributed by atoms with Gasteiger partial charge in [0.05, 0.1) is 0 Å². The minimum atomic E-state index is -2.39. The van der Waals surface area contributed by atoms with E-state index >= 15 is 0 Å². The molecule has 0 saturated carbocycles. The summed E-state index contributed by atoms with van der Waals surface area (Å²) in [5.41, 5.74) is -0.963. The van der Waals surface area contributed by atoms with Gasteiger partial charge in [0.2, 0.25) is 29.1 Å². The Labute approximate surface area is 138 Å². The molecule has 1 aromatic rings. The Kier molecular flexibility index (Phi) is 6.16. The molecule has 0 radical (unpaired) electrons. The summed E-state index contributed by atoms with van der Waals surface area (Å²) in [7, 11) is 0. The van der Waals surface area contributed by atoms with Gasteiger partial charge in [-0.15, -0.1) is 0 Å². The molecular formula is C14H14F5NO5. The van der Waals surface area contributed by atoms with Crippen LogP contribution in [0.3, 0.4) is 0 Å². The molecular weight excluding hydrogens is 357 g/mol. The summed E-state index contributed by atoms with van der Waals surface area (Å²) in [5, 5.41) is 10.8. The molecule has 0 aliphatic rings. The van der Waals surface area contributed by atoms with Crippen molar-refractivity contribution in [2.45, 2.75) is 32.4 Å². The molecule has 0 fully saturated rings. The average Bonchev–Trinajstić information content (AvgIpc) is 2.47. The van der Waals surface area contributed by atoms with Gasteiger partial charge in [0.15, 0.2) is 11.8 Å². The zero-order valence-electron chi connectivity index (χ0n) is 13.3. The zero-order chi connectivity index (χ0) is 19.5. The van der Waals surface area contributed by atoms with E-state index in [0.717, 1.165) is 0 Å². The van der Waals surface area contributed by atoms with Crippen molar-refractivity contribution in [3.05, 3.63) is 29.1 Å². The summed E-state index contributed by atoms with van der Waals surface area (Å²) >= 11 is 0. The van der Waals surface area contributed by atoms with Crippen molar-refractivity contribution in [1.82, 2.24) is 5.32 Å². The van der Waals surface area contributed by atoms with Crippen LogP contribution in [0.1, 0.15) is 20.8 Å². The van der Waals surface area contributed by atoms with Crippen molar-refractivity contribution in [2.24, 2.45) is 0 Å². The third kappa shape index (κ3) is 5.19. The maximum absolute atomic E-state index is 13.4. The predicted octanol–water partition coefficient (Wildman–Crippen LogP) is 2.74. The van der Waals surface area contributed by atoms with E-state index in [2.05, 4.69) is 4.74 Å². The number of carboxylic acid groups (broad SMARTS) is 1. The second-order valence-electron chi connectivity index (χ2n) is 5.75. The van der Waals surface area contributed by atoms with Crippen LogP contribution in [0.5, 0.6) is 5.75 Å². The van der Waals surface area contributed by atoms with Gasteiger partial charge in [-0.3, -0.25) is 0 Å². The van der Waals surface area contributed by atoms with Crippen LogP contribution in [0.25, 0.3) is 0 Å². The lowest BCUT2D eigenvalue weighted by Gasteiger charge is -2.22. The summed E-state index contributed by atoms with van der Waals surface area (Å²) in [6.45, 7) is 3.36. The van der Waals surface area contributed by atoms with Crippen molar-refractivity contribution in [2.75, 3.05) is 6.61 Å². The van der Waals surface area contributed by atoms with Crippen LogP contribution in [0.2, 0.25) is 0 Å². The SMILES string of the molecule is CC(C)(C)OC(=O)N[C@@H](COc1c(F)c(F)c(F)c(F)c1F)C(=O)O. The van der Waals surface area contributed by atoms with Crippen molar-refractivity contribution in [1.29, 1.82) is 0 Å². The van der Waals surface area contributed by atoms with Gasteiger partial charge in [0.25, 0.3) is 0 Å². The lowest BCUT2D eigenvalue weighted by atomic mass is 10.2. The fourth-order valence-electron chi connectivity index (χ4n) is 1.50. The highest BCUT2D eigenvalue weighted by Gasteiger charge is 2.30. The monoisotopic (exact) mass is 371 g/mol. The number of carbonyl (C=O) groups is 2. The van der Waals surface area contributed by atoms with Gasteiger partial charge in [0, 0.05) is 0 Å². The molecule has 1 aromatic carbocycles. The normalized spacial score (nSPS) is 12.5. The smallest absolute Gasteiger partial charge is 0.408 e. The third-order valence-corrected chi connectivity index (χ3v) is 2.55. The van der Waals surface area contributed by atoms with E-state index in [1.165, 1.54) is 20.8 Å². The molecule has 25 heavy (non-hydrogen) atoms. The first-order valence-corrected chi connectivity index (χ1v) is 6.71. The van der Waals surface area contributed by atoms with E-state index in [0.29, 0.717) is 0 Å². The molecule has 0 spiro atoms. The van der Waals surface area contributed by atoms with E-state index in [9.17, 15) is 31.5 Å². The minimum Gasteiger partial charge on any atom is -0.485 e. The third-order valence-electron chi connectivity index (χ3n) is 2.55. The number of carbonyl (C=O) groups excluding carboxylic acids is 1. The van der Waals surface area contributed by atoms with Crippen LogP contribution >= 0.6 is 0 Å². The van der Waals surface area contributed by atoms with Crippen molar-refractivity contribution in [3.63, 3.8) is 0 Å². The molecule has 1 rings (SSSR count).